The Labute approximate surface area is 175 Å². The van der Waals surface area contributed by atoms with Crippen molar-refractivity contribution in [3.8, 4) is 0 Å². The van der Waals surface area contributed by atoms with Gasteiger partial charge < -0.3 is 4.74 Å². The van der Waals surface area contributed by atoms with Crippen molar-refractivity contribution in [2.75, 3.05) is 6.61 Å². The van der Waals surface area contributed by atoms with Gasteiger partial charge in [0.15, 0.2) is 0 Å². The van der Waals surface area contributed by atoms with Gasteiger partial charge >= 0.3 is 5.97 Å². The summed E-state index contributed by atoms with van der Waals surface area (Å²) >= 11 is 0. The van der Waals surface area contributed by atoms with Crippen LogP contribution < -0.4 is 0 Å². The highest BCUT2D eigenvalue weighted by molar-refractivity contribution is 7.86. The molecule has 3 atom stereocenters. The van der Waals surface area contributed by atoms with E-state index in [0.29, 0.717) is 25.7 Å². The molecule has 8 nitrogen and oxygen atoms in total. The number of rotatable bonds is 8. The first kappa shape index (κ1) is 21.0. The Balaban J connectivity index is 1.62. The van der Waals surface area contributed by atoms with Gasteiger partial charge in [-0.1, -0.05) is 24.8 Å². The van der Waals surface area contributed by atoms with E-state index in [2.05, 4.69) is 6.58 Å². The van der Waals surface area contributed by atoms with Gasteiger partial charge in [0.2, 0.25) is 5.54 Å². The molecule has 4 aliphatic rings. The van der Waals surface area contributed by atoms with Crippen LogP contribution >= 0.6 is 0 Å². The SMILES string of the molecule is C=CC(=O)OC(COS(=O)(=O)c1ccccc1)C12CC3CC(C1)CC([N+](=O)[O-])(C3)C2. The molecule has 9 heteroatoms. The quantitative estimate of drug-likeness (QED) is 0.203. The van der Waals surface area contributed by atoms with Crippen LogP contribution in [0.25, 0.3) is 0 Å². The maximum atomic E-state index is 12.6. The molecule has 0 radical (unpaired) electrons. The fraction of sp³-hybridized carbons (Fsp3) is 0.571. The molecule has 1 aromatic carbocycles. The van der Waals surface area contributed by atoms with Crippen LogP contribution in [-0.2, 0) is 23.8 Å². The van der Waals surface area contributed by atoms with Gasteiger partial charge in [0.1, 0.15) is 12.7 Å². The summed E-state index contributed by atoms with van der Waals surface area (Å²) in [5, 5.41) is 12.0. The van der Waals surface area contributed by atoms with Crippen LogP contribution in [0.4, 0.5) is 0 Å². The van der Waals surface area contributed by atoms with Crippen molar-refractivity contribution >= 4 is 16.1 Å². The van der Waals surface area contributed by atoms with E-state index in [-0.39, 0.29) is 34.7 Å². The van der Waals surface area contributed by atoms with Gasteiger partial charge in [-0.15, -0.1) is 0 Å². The number of ether oxygens (including phenoxy) is 1. The second kappa shape index (κ2) is 7.46. The van der Waals surface area contributed by atoms with Crippen LogP contribution in [0, 0.1) is 27.4 Å². The number of hydrogen-bond donors (Lipinski definition) is 0. The summed E-state index contributed by atoms with van der Waals surface area (Å²) in [7, 11) is -4.05. The lowest BCUT2D eigenvalue weighted by molar-refractivity contribution is -0.593. The maximum absolute atomic E-state index is 12.6. The first-order valence-electron chi connectivity index (χ1n) is 10.1. The topological polar surface area (TPSA) is 113 Å². The molecule has 0 saturated heterocycles. The van der Waals surface area contributed by atoms with Gasteiger partial charge in [-0.05, 0) is 43.2 Å². The Morgan fingerprint density at radius 1 is 1.23 bits per heavy atom. The molecule has 0 N–H and O–H groups in total. The molecule has 30 heavy (non-hydrogen) atoms. The molecule has 4 aliphatic carbocycles. The molecule has 0 heterocycles. The first-order valence-corrected chi connectivity index (χ1v) is 11.5. The molecule has 162 valence electrons. The molecule has 0 spiro atoms. The molecular formula is C21H25NO7S. The minimum atomic E-state index is -4.05. The molecule has 4 saturated carbocycles. The zero-order valence-corrected chi connectivity index (χ0v) is 17.4. The Morgan fingerprint density at radius 3 is 2.43 bits per heavy atom. The van der Waals surface area contributed by atoms with Gasteiger partial charge in [0, 0.05) is 35.7 Å². The number of hydrogen-bond acceptors (Lipinski definition) is 7. The Morgan fingerprint density at radius 2 is 1.87 bits per heavy atom. The lowest BCUT2D eigenvalue weighted by Gasteiger charge is -2.59. The highest BCUT2D eigenvalue weighted by atomic mass is 32.2. The average molecular weight is 435 g/mol. The van der Waals surface area contributed by atoms with Crippen LogP contribution in [0.5, 0.6) is 0 Å². The number of carbonyl (C=O) groups excluding carboxylic acids is 1. The van der Waals surface area contributed by atoms with Crippen molar-refractivity contribution in [3.63, 3.8) is 0 Å². The van der Waals surface area contributed by atoms with Crippen LogP contribution in [0.3, 0.4) is 0 Å². The van der Waals surface area contributed by atoms with Crippen LogP contribution in [0.1, 0.15) is 38.5 Å². The molecule has 4 fully saturated rings. The van der Waals surface area contributed by atoms with E-state index < -0.39 is 33.1 Å². The van der Waals surface area contributed by atoms with Crippen LogP contribution in [0.2, 0.25) is 0 Å². The van der Waals surface area contributed by atoms with E-state index >= 15 is 0 Å². The van der Waals surface area contributed by atoms with Gasteiger partial charge in [-0.25, -0.2) is 4.79 Å². The lowest BCUT2D eigenvalue weighted by Crippen LogP contribution is -2.63. The second-order valence-electron chi connectivity index (χ2n) is 8.99. The summed E-state index contributed by atoms with van der Waals surface area (Å²) in [5.41, 5.74) is -1.69. The van der Waals surface area contributed by atoms with Crippen LogP contribution in [0.15, 0.2) is 47.9 Å². The smallest absolute Gasteiger partial charge is 0.330 e. The van der Waals surface area contributed by atoms with E-state index in [9.17, 15) is 23.3 Å². The van der Waals surface area contributed by atoms with Crippen molar-refractivity contribution < 1.29 is 27.1 Å². The lowest BCUT2D eigenvalue weighted by atomic mass is 9.45. The molecule has 4 bridgehead atoms. The van der Waals surface area contributed by atoms with E-state index in [1.807, 2.05) is 0 Å². The predicted molar refractivity (Wildman–Crippen MR) is 106 cm³/mol. The van der Waals surface area contributed by atoms with Crippen molar-refractivity contribution in [1.82, 2.24) is 0 Å². The Kier molecular flexibility index (Phi) is 5.22. The van der Waals surface area contributed by atoms with Crippen molar-refractivity contribution in [2.45, 2.75) is 55.1 Å². The van der Waals surface area contributed by atoms with Gasteiger partial charge in [0.25, 0.3) is 10.1 Å². The van der Waals surface area contributed by atoms with Gasteiger partial charge in [-0.2, -0.15) is 8.42 Å². The number of benzene rings is 1. The van der Waals surface area contributed by atoms with E-state index in [0.717, 1.165) is 12.5 Å². The first-order chi connectivity index (χ1) is 14.2. The number of nitro groups is 1. The third-order valence-corrected chi connectivity index (χ3v) is 8.27. The zero-order valence-electron chi connectivity index (χ0n) is 16.6. The number of esters is 1. The summed E-state index contributed by atoms with van der Waals surface area (Å²) in [6, 6.07) is 7.72. The Bertz CT molecular complexity index is 945. The minimum absolute atomic E-state index is 0.00562. The molecule has 0 aromatic heterocycles. The highest BCUT2D eigenvalue weighted by Gasteiger charge is 2.66. The zero-order chi connectivity index (χ0) is 21.6. The highest BCUT2D eigenvalue weighted by Crippen LogP contribution is 2.64. The molecule has 3 unspecified atom stereocenters. The van der Waals surface area contributed by atoms with E-state index in [1.54, 1.807) is 18.2 Å². The van der Waals surface area contributed by atoms with Crippen molar-refractivity contribution in [1.29, 1.82) is 0 Å². The van der Waals surface area contributed by atoms with Crippen LogP contribution in [-0.4, -0.2) is 37.6 Å². The fourth-order valence-electron chi connectivity index (χ4n) is 6.21. The maximum Gasteiger partial charge on any atom is 0.330 e. The summed E-state index contributed by atoms with van der Waals surface area (Å²) in [4.78, 5) is 23.8. The standard InChI is InChI=1S/C21H25NO7S/c1-2-19(23)29-18(13-28-30(26,27)17-6-4-3-5-7-17)20-9-15-8-16(10-20)12-21(11-15,14-20)22(24)25/h2-7,15-16,18H,1,8-14H2. The predicted octanol–water partition coefficient (Wildman–Crippen LogP) is 3.11. The summed E-state index contributed by atoms with van der Waals surface area (Å²) in [5.74, 6) is -0.341. The normalized spacial score (nSPS) is 33.1. The fourth-order valence-corrected chi connectivity index (χ4v) is 7.13. The molecule has 1 aromatic rings. The summed E-state index contributed by atoms with van der Waals surface area (Å²) < 4.78 is 36.1. The van der Waals surface area contributed by atoms with Crippen molar-refractivity contribution in [3.05, 3.63) is 53.1 Å². The van der Waals surface area contributed by atoms with Crippen molar-refractivity contribution in [2.24, 2.45) is 17.3 Å². The molecular weight excluding hydrogens is 410 g/mol. The minimum Gasteiger partial charge on any atom is -0.456 e. The van der Waals surface area contributed by atoms with E-state index in [4.69, 9.17) is 8.92 Å². The number of carbonyl (C=O) groups is 1. The average Bonchev–Trinajstić information content (AvgIpc) is 2.70. The summed E-state index contributed by atoms with van der Waals surface area (Å²) in [6.07, 6.45) is 3.72. The molecule has 0 aliphatic heterocycles. The van der Waals surface area contributed by atoms with Gasteiger partial charge in [0.05, 0.1) is 4.90 Å². The van der Waals surface area contributed by atoms with Gasteiger partial charge in [-0.3, -0.25) is 14.3 Å². The monoisotopic (exact) mass is 435 g/mol. The molecule has 5 rings (SSSR count). The molecule has 0 amide bonds. The third-order valence-electron chi connectivity index (χ3n) is 6.98. The Hall–Kier alpha value is -2.26. The summed E-state index contributed by atoms with van der Waals surface area (Å²) in [6.45, 7) is 3.05. The number of nitrogens with zero attached hydrogens (tertiary/aromatic N) is 1. The largest absolute Gasteiger partial charge is 0.456 e. The second-order valence-corrected chi connectivity index (χ2v) is 10.6. The van der Waals surface area contributed by atoms with E-state index in [1.165, 1.54) is 12.1 Å². The third kappa shape index (κ3) is 3.65.